The van der Waals surface area contributed by atoms with Gasteiger partial charge in [-0.05, 0) is 6.07 Å². The summed E-state index contributed by atoms with van der Waals surface area (Å²) in [7, 11) is -0.987. The molecule has 1 fully saturated rings. The maximum absolute atomic E-state index is 12.4. The van der Waals surface area contributed by atoms with E-state index < -0.39 is 15.6 Å². The molecule has 0 bridgehead atoms. The Kier molecular flexibility index (Phi) is 4.27. The first-order chi connectivity index (χ1) is 11.0. The molecule has 0 saturated carbocycles. The predicted molar refractivity (Wildman–Crippen MR) is 86.8 cm³/mol. The summed E-state index contributed by atoms with van der Waals surface area (Å²) in [4.78, 5) is 24.3. The van der Waals surface area contributed by atoms with Crippen molar-refractivity contribution in [1.82, 2.24) is 9.78 Å². The fourth-order valence-corrected chi connectivity index (χ4v) is 4.12. The molecule has 7 nitrogen and oxygen atoms in total. The molecule has 2 aromatic rings. The minimum Gasteiger partial charge on any atom is -0.379 e. The summed E-state index contributed by atoms with van der Waals surface area (Å²) in [5, 5.41) is 5.29. The molecule has 1 aromatic heterocycles. The Morgan fingerprint density at radius 3 is 2.65 bits per heavy atom. The van der Waals surface area contributed by atoms with Crippen LogP contribution in [0, 0.1) is 0 Å². The van der Waals surface area contributed by atoms with Crippen LogP contribution < -0.4 is 5.56 Å². The van der Waals surface area contributed by atoms with E-state index >= 15 is 0 Å². The molecule has 1 saturated heterocycles. The quantitative estimate of drug-likeness (QED) is 0.797. The van der Waals surface area contributed by atoms with E-state index in [1.807, 2.05) is 0 Å². The zero-order chi connectivity index (χ0) is 16.4. The lowest BCUT2D eigenvalue weighted by atomic mass is 10.1. The molecule has 0 spiro atoms. The van der Waals surface area contributed by atoms with Crippen LogP contribution in [0.5, 0.6) is 0 Å². The van der Waals surface area contributed by atoms with Crippen LogP contribution in [0.3, 0.4) is 0 Å². The monoisotopic (exact) mass is 335 g/mol. The average Bonchev–Trinajstić information content (AvgIpc) is 2.52. The molecule has 0 radical (unpaired) electrons. The van der Waals surface area contributed by atoms with Crippen LogP contribution in [0.1, 0.15) is 5.69 Å². The lowest BCUT2D eigenvalue weighted by Gasteiger charge is -2.15. The van der Waals surface area contributed by atoms with Gasteiger partial charge in [0, 0.05) is 12.4 Å². The molecule has 122 valence electrons. The Morgan fingerprint density at radius 2 is 1.96 bits per heavy atom. The summed E-state index contributed by atoms with van der Waals surface area (Å²) < 4.78 is 22.7. The number of amides is 1. The molecule has 1 aliphatic heterocycles. The first kappa shape index (κ1) is 15.8. The topological polar surface area (TPSA) is 90.6 Å². The number of fused-ring (bicyclic) bond motifs is 1. The highest BCUT2D eigenvalue weighted by Crippen LogP contribution is 2.14. The Bertz CT molecular complexity index is 929. The van der Waals surface area contributed by atoms with Crippen molar-refractivity contribution >= 4 is 26.4 Å². The standard InChI is InChI=1S/C15H17N3O4S/c1-18-15(20)12-5-3-2-4-11(12)13(16-18)10-14(19)17-23(21)8-6-22-7-9-23/h2-5H,6-10H2,1H3. The largest absolute Gasteiger partial charge is 0.379 e. The number of ether oxygens (including phenoxy) is 1. The van der Waals surface area contributed by atoms with Crippen molar-refractivity contribution in [2.45, 2.75) is 6.42 Å². The van der Waals surface area contributed by atoms with Crippen LogP contribution in [0.25, 0.3) is 10.8 Å². The summed E-state index contributed by atoms with van der Waals surface area (Å²) in [6, 6.07) is 7.00. The number of aryl methyl sites for hydroxylation is 1. The fourth-order valence-electron chi connectivity index (χ4n) is 2.54. The molecule has 1 aromatic carbocycles. The molecule has 8 heteroatoms. The van der Waals surface area contributed by atoms with Gasteiger partial charge in [-0.15, -0.1) is 0 Å². The smallest absolute Gasteiger partial charge is 0.274 e. The highest BCUT2D eigenvalue weighted by Gasteiger charge is 2.18. The van der Waals surface area contributed by atoms with Gasteiger partial charge in [-0.25, -0.2) is 8.89 Å². The third-order valence-corrected chi connectivity index (χ3v) is 5.86. The summed E-state index contributed by atoms with van der Waals surface area (Å²) in [6.45, 7) is 0.716. The van der Waals surface area contributed by atoms with Gasteiger partial charge in [0.05, 0.1) is 51.9 Å². The van der Waals surface area contributed by atoms with Crippen LogP contribution in [0.2, 0.25) is 0 Å². The first-order valence-corrected chi connectivity index (χ1v) is 9.12. The number of carbonyl (C=O) groups excluding carboxylic acids is 1. The van der Waals surface area contributed by atoms with Crippen LogP contribution in [-0.4, -0.2) is 44.6 Å². The van der Waals surface area contributed by atoms with Crippen molar-refractivity contribution in [3.63, 3.8) is 0 Å². The number of rotatable bonds is 2. The van der Waals surface area contributed by atoms with Crippen molar-refractivity contribution < 1.29 is 13.7 Å². The summed E-state index contributed by atoms with van der Waals surface area (Å²) >= 11 is 0. The van der Waals surface area contributed by atoms with Crippen molar-refractivity contribution in [3.8, 4) is 0 Å². The number of benzene rings is 1. The number of aromatic nitrogens is 2. The van der Waals surface area contributed by atoms with E-state index in [0.29, 0.717) is 29.7 Å². The maximum Gasteiger partial charge on any atom is 0.274 e. The third kappa shape index (κ3) is 3.32. The minimum absolute atomic E-state index is 0.0769. The molecule has 3 rings (SSSR count). The molecule has 0 N–H and O–H groups in total. The molecule has 0 aliphatic carbocycles. The molecule has 0 atom stereocenters. The van der Waals surface area contributed by atoms with Gasteiger partial charge in [0.1, 0.15) is 0 Å². The second kappa shape index (κ2) is 6.21. The van der Waals surface area contributed by atoms with Gasteiger partial charge >= 0.3 is 0 Å². The molecule has 1 amide bonds. The van der Waals surface area contributed by atoms with E-state index in [9.17, 15) is 13.8 Å². The van der Waals surface area contributed by atoms with Crippen LogP contribution in [-0.2, 0) is 32.7 Å². The van der Waals surface area contributed by atoms with E-state index in [2.05, 4.69) is 9.46 Å². The van der Waals surface area contributed by atoms with E-state index in [-0.39, 0.29) is 23.5 Å². The Morgan fingerprint density at radius 1 is 1.30 bits per heavy atom. The highest BCUT2D eigenvalue weighted by atomic mass is 32.2. The minimum atomic E-state index is -2.53. The predicted octanol–water partition coefficient (Wildman–Crippen LogP) is 0.501. The van der Waals surface area contributed by atoms with Crippen molar-refractivity contribution in [2.75, 3.05) is 24.7 Å². The third-order valence-electron chi connectivity index (χ3n) is 3.71. The van der Waals surface area contributed by atoms with E-state index in [4.69, 9.17) is 4.74 Å². The molecular weight excluding hydrogens is 318 g/mol. The first-order valence-electron chi connectivity index (χ1n) is 7.26. The van der Waals surface area contributed by atoms with Crippen LogP contribution in [0.15, 0.2) is 33.4 Å². The lowest BCUT2D eigenvalue weighted by molar-refractivity contribution is -0.117. The molecule has 23 heavy (non-hydrogen) atoms. The number of carbonyl (C=O) groups is 1. The Hall–Kier alpha value is -2.06. The number of hydrogen-bond acceptors (Lipinski definition) is 5. The van der Waals surface area contributed by atoms with Gasteiger partial charge in [-0.3, -0.25) is 9.59 Å². The highest BCUT2D eigenvalue weighted by molar-refractivity contribution is 7.93. The second-order valence-corrected chi connectivity index (χ2v) is 7.92. The fraction of sp³-hybridized carbons (Fsp3) is 0.400. The van der Waals surface area contributed by atoms with E-state index in [0.717, 1.165) is 0 Å². The van der Waals surface area contributed by atoms with Crippen LogP contribution in [0.4, 0.5) is 0 Å². The molecule has 0 unspecified atom stereocenters. The summed E-state index contributed by atoms with van der Waals surface area (Å²) in [5.41, 5.74) is 0.246. The SMILES string of the molecule is Cn1nc(CC(=O)N=S2(=O)CCOCC2)c2ccccc2c1=O. The van der Waals surface area contributed by atoms with E-state index in [1.54, 1.807) is 31.3 Å². The van der Waals surface area contributed by atoms with Crippen molar-refractivity contribution in [1.29, 1.82) is 0 Å². The zero-order valence-electron chi connectivity index (χ0n) is 12.7. The summed E-state index contributed by atoms with van der Waals surface area (Å²) in [6.07, 6.45) is -0.0769. The maximum atomic E-state index is 12.4. The second-order valence-electron chi connectivity index (χ2n) is 5.38. The van der Waals surface area contributed by atoms with Gasteiger partial charge in [-0.2, -0.15) is 9.46 Å². The van der Waals surface area contributed by atoms with Crippen molar-refractivity contribution in [3.05, 3.63) is 40.3 Å². The lowest BCUT2D eigenvalue weighted by Crippen LogP contribution is -2.27. The van der Waals surface area contributed by atoms with Gasteiger partial charge in [0.15, 0.2) is 0 Å². The van der Waals surface area contributed by atoms with E-state index in [1.165, 1.54) is 4.68 Å². The number of hydrogen-bond donors (Lipinski definition) is 0. The molecular formula is C15H17N3O4S. The van der Waals surface area contributed by atoms with Crippen LogP contribution >= 0.6 is 0 Å². The summed E-state index contributed by atoms with van der Waals surface area (Å²) in [5.74, 6) is 0.0774. The van der Waals surface area contributed by atoms with Gasteiger partial charge < -0.3 is 4.74 Å². The number of nitrogens with zero attached hydrogens (tertiary/aromatic N) is 3. The van der Waals surface area contributed by atoms with Gasteiger partial charge in [-0.1, -0.05) is 18.2 Å². The van der Waals surface area contributed by atoms with Crippen molar-refractivity contribution in [2.24, 2.45) is 11.4 Å². The Balaban J connectivity index is 1.97. The normalized spacial score (nSPS) is 17.1. The zero-order valence-corrected chi connectivity index (χ0v) is 13.5. The van der Waals surface area contributed by atoms with Gasteiger partial charge in [0.25, 0.3) is 11.5 Å². The van der Waals surface area contributed by atoms with Gasteiger partial charge in [0.2, 0.25) is 0 Å². The average molecular weight is 335 g/mol. The Labute approximate surface area is 133 Å². The molecule has 1 aliphatic rings. The molecule has 2 heterocycles.